The predicted molar refractivity (Wildman–Crippen MR) is 97.5 cm³/mol. The summed E-state index contributed by atoms with van der Waals surface area (Å²) < 4.78 is 5.56. The van der Waals surface area contributed by atoms with E-state index in [0.29, 0.717) is 17.3 Å². The van der Waals surface area contributed by atoms with Crippen LogP contribution in [0.3, 0.4) is 0 Å². The largest absolute Gasteiger partial charge is 0.446 e. The molecular weight excluding hydrogens is 348 g/mol. The van der Waals surface area contributed by atoms with Crippen LogP contribution in [0.5, 0.6) is 0 Å². The molecule has 2 fully saturated rings. The molecule has 2 atom stereocenters. The highest BCUT2D eigenvalue weighted by molar-refractivity contribution is 5.69. The molecule has 9 heteroatoms. The van der Waals surface area contributed by atoms with Gasteiger partial charge in [-0.05, 0) is 39.0 Å². The second-order valence-electron chi connectivity index (χ2n) is 7.61. The van der Waals surface area contributed by atoms with Gasteiger partial charge in [0, 0.05) is 23.2 Å². The molecule has 9 nitrogen and oxygen atoms in total. The third-order valence-corrected chi connectivity index (χ3v) is 5.22. The predicted octanol–water partition coefficient (Wildman–Crippen LogP) is 2.35. The first-order valence-electron chi connectivity index (χ1n) is 9.26. The molecule has 144 valence electrons. The van der Waals surface area contributed by atoms with Crippen molar-refractivity contribution in [1.82, 2.24) is 25.5 Å². The molecule has 27 heavy (non-hydrogen) atoms. The molecule has 2 saturated carbocycles. The molecule has 0 saturated heterocycles. The van der Waals surface area contributed by atoms with E-state index >= 15 is 0 Å². The minimum Gasteiger partial charge on any atom is -0.446 e. The van der Waals surface area contributed by atoms with Crippen LogP contribution in [0.1, 0.15) is 56.3 Å². The second kappa shape index (κ2) is 7.15. The lowest BCUT2D eigenvalue weighted by Crippen LogP contribution is -2.36. The number of alkyl carbamates (subject to hydrolysis) is 1. The fourth-order valence-electron chi connectivity index (χ4n) is 3.31. The van der Waals surface area contributed by atoms with E-state index in [0.717, 1.165) is 37.8 Å². The van der Waals surface area contributed by atoms with Crippen LogP contribution < -0.4 is 10.6 Å². The molecule has 2 heterocycles. The van der Waals surface area contributed by atoms with Crippen molar-refractivity contribution in [2.75, 3.05) is 5.32 Å². The topological polar surface area (TPSA) is 125 Å². The van der Waals surface area contributed by atoms with E-state index in [9.17, 15) is 4.79 Å². The van der Waals surface area contributed by atoms with Crippen LogP contribution in [0.25, 0.3) is 0 Å². The summed E-state index contributed by atoms with van der Waals surface area (Å²) in [5, 5.41) is 22.3. The summed E-state index contributed by atoms with van der Waals surface area (Å²) in [5.74, 6) is 1.49. The number of nitrogens with one attached hydrogen (secondary N) is 3. The van der Waals surface area contributed by atoms with Gasteiger partial charge in [0.15, 0.2) is 5.82 Å². The maximum absolute atomic E-state index is 12.0. The van der Waals surface area contributed by atoms with Crippen molar-refractivity contribution in [3.05, 3.63) is 29.8 Å². The van der Waals surface area contributed by atoms with E-state index in [1.807, 2.05) is 13.0 Å². The molecule has 0 bridgehead atoms. The Bertz CT molecular complexity index is 802. The summed E-state index contributed by atoms with van der Waals surface area (Å²) in [4.78, 5) is 20.2. The maximum atomic E-state index is 12.0. The van der Waals surface area contributed by atoms with Crippen LogP contribution >= 0.6 is 0 Å². The standard InChI is InChI=1S/C18H24N6O3/c1-18(4-5-18)22-17(26)27-13-3-2-11(6-13)14-7-15(24-23-14)21-16-9-19-12(10-25)8-20-16/h7-9,11,13,25H,2-6,10H2,1H3,(H,22,26)(H2,20,21,23,24). The zero-order valence-corrected chi connectivity index (χ0v) is 15.2. The Morgan fingerprint density at radius 1 is 1.33 bits per heavy atom. The zero-order chi connectivity index (χ0) is 18.9. The Hall–Kier alpha value is -2.68. The summed E-state index contributed by atoms with van der Waals surface area (Å²) in [6.07, 6.45) is 7.33. The van der Waals surface area contributed by atoms with Gasteiger partial charge in [0.2, 0.25) is 0 Å². The number of aliphatic hydroxyl groups excluding tert-OH is 1. The van der Waals surface area contributed by atoms with Gasteiger partial charge in [-0.2, -0.15) is 5.10 Å². The number of aromatic amines is 1. The molecule has 0 radical (unpaired) electrons. The monoisotopic (exact) mass is 372 g/mol. The number of ether oxygens (including phenoxy) is 1. The van der Waals surface area contributed by atoms with Crippen molar-refractivity contribution in [3.63, 3.8) is 0 Å². The molecule has 0 spiro atoms. The molecule has 2 aromatic heterocycles. The van der Waals surface area contributed by atoms with Crippen LogP contribution in [0, 0.1) is 0 Å². The van der Waals surface area contributed by atoms with E-state index < -0.39 is 0 Å². The normalized spacial score (nSPS) is 23.0. The SMILES string of the molecule is CC1(NC(=O)OC2CCC(c3cc(Nc4cnc(CO)cn4)n[nH]3)C2)CC1. The van der Waals surface area contributed by atoms with Crippen LogP contribution in [-0.2, 0) is 11.3 Å². The van der Waals surface area contributed by atoms with Gasteiger partial charge in [-0.25, -0.2) is 9.78 Å². The van der Waals surface area contributed by atoms with E-state index in [2.05, 4.69) is 30.8 Å². The molecule has 4 rings (SSSR count). The van der Waals surface area contributed by atoms with Crippen LogP contribution in [0.15, 0.2) is 18.5 Å². The molecule has 1 amide bonds. The van der Waals surface area contributed by atoms with E-state index in [-0.39, 0.29) is 30.3 Å². The number of rotatable bonds is 6. The summed E-state index contributed by atoms with van der Waals surface area (Å²) in [6, 6.07) is 1.94. The van der Waals surface area contributed by atoms with Gasteiger partial charge in [0.25, 0.3) is 0 Å². The first kappa shape index (κ1) is 17.7. The Kier molecular flexibility index (Phi) is 4.69. The highest BCUT2D eigenvalue weighted by atomic mass is 16.6. The highest BCUT2D eigenvalue weighted by Gasteiger charge is 2.40. The summed E-state index contributed by atoms with van der Waals surface area (Å²) >= 11 is 0. The van der Waals surface area contributed by atoms with E-state index in [1.54, 1.807) is 6.20 Å². The van der Waals surface area contributed by atoms with Gasteiger partial charge in [0.1, 0.15) is 11.9 Å². The Morgan fingerprint density at radius 2 is 2.19 bits per heavy atom. The molecule has 2 aromatic rings. The van der Waals surface area contributed by atoms with E-state index in [1.165, 1.54) is 6.20 Å². The fraction of sp³-hybridized carbons (Fsp3) is 0.556. The third-order valence-electron chi connectivity index (χ3n) is 5.22. The quantitative estimate of drug-likeness (QED) is 0.613. The lowest BCUT2D eigenvalue weighted by atomic mass is 10.0. The van der Waals surface area contributed by atoms with Crippen molar-refractivity contribution < 1.29 is 14.6 Å². The number of nitrogens with zero attached hydrogens (tertiary/aromatic N) is 3. The van der Waals surface area contributed by atoms with Crippen molar-refractivity contribution in [1.29, 1.82) is 0 Å². The molecule has 0 aromatic carbocycles. The Balaban J connectivity index is 1.30. The van der Waals surface area contributed by atoms with Crippen LogP contribution in [0.2, 0.25) is 0 Å². The highest BCUT2D eigenvalue weighted by Crippen LogP contribution is 2.37. The third kappa shape index (κ3) is 4.36. The fourth-order valence-corrected chi connectivity index (χ4v) is 3.31. The maximum Gasteiger partial charge on any atom is 0.407 e. The van der Waals surface area contributed by atoms with Crippen LogP contribution in [0.4, 0.5) is 16.4 Å². The summed E-state index contributed by atoms with van der Waals surface area (Å²) in [5.41, 5.74) is 1.47. The molecule has 4 N–H and O–H groups in total. The van der Waals surface area contributed by atoms with Crippen molar-refractivity contribution >= 4 is 17.7 Å². The number of H-pyrrole nitrogens is 1. The van der Waals surface area contributed by atoms with Crippen molar-refractivity contribution in [3.8, 4) is 0 Å². The minimum atomic E-state index is -0.308. The number of carbonyl (C=O) groups excluding carboxylic acids is 1. The molecular formula is C18H24N6O3. The van der Waals surface area contributed by atoms with Crippen molar-refractivity contribution in [2.24, 2.45) is 0 Å². The van der Waals surface area contributed by atoms with Gasteiger partial charge in [-0.3, -0.25) is 10.1 Å². The summed E-state index contributed by atoms with van der Waals surface area (Å²) in [6.45, 7) is 1.90. The Morgan fingerprint density at radius 3 is 2.89 bits per heavy atom. The number of carbonyl (C=O) groups is 1. The minimum absolute atomic E-state index is 0.0582. The number of aromatic nitrogens is 4. The number of hydrogen-bond acceptors (Lipinski definition) is 7. The number of anilines is 2. The van der Waals surface area contributed by atoms with Gasteiger partial charge >= 0.3 is 6.09 Å². The molecule has 2 unspecified atom stereocenters. The summed E-state index contributed by atoms with van der Waals surface area (Å²) in [7, 11) is 0. The van der Waals surface area contributed by atoms with Crippen molar-refractivity contribution in [2.45, 2.75) is 63.2 Å². The van der Waals surface area contributed by atoms with Gasteiger partial charge in [-0.15, -0.1) is 0 Å². The number of hydrogen-bond donors (Lipinski definition) is 4. The lowest BCUT2D eigenvalue weighted by molar-refractivity contribution is 0.0967. The number of aliphatic hydroxyl groups is 1. The average Bonchev–Trinajstić information content (AvgIpc) is 3.03. The van der Waals surface area contributed by atoms with Gasteiger partial charge < -0.3 is 20.5 Å². The van der Waals surface area contributed by atoms with Gasteiger partial charge in [0.05, 0.1) is 24.7 Å². The molecule has 2 aliphatic carbocycles. The molecule has 2 aliphatic rings. The molecule has 0 aliphatic heterocycles. The first-order chi connectivity index (χ1) is 13.0. The Labute approximate surface area is 156 Å². The zero-order valence-electron chi connectivity index (χ0n) is 15.2. The second-order valence-corrected chi connectivity index (χ2v) is 7.61. The van der Waals surface area contributed by atoms with Crippen LogP contribution in [-0.4, -0.2) is 43.0 Å². The van der Waals surface area contributed by atoms with Gasteiger partial charge in [-0.1, -0.05) is 0 Å². The number of amides is 1. The average molecular weight is 372 g/mol. The smallest absolute Gasteiger partial charge is 0.407 e. The lowest BCUT2D eigenvalue weighted by Gasteiger charge is -2.16. The van der Waals surface area contributed by atoms with E-state index in [4.69, 9.17) is 9.84 Å². The first-order valence-corrected chi connectivity index (χ1v) is 9.26.